The van der Waals surface area contributed by atoms with Crippen LogP contribution in [0.15, 0.2) is 60.7 Å². The highest BCUT2D eigenvalue weighted by atomic mass is 16.6. The van der Waals surface area contributed by atoms with E-state index in [0.29, 0.717) is 84.0 Å². The molecule has 1 saturated heterocycles. The number of benzene rings is 2. The molecule has 2 aromatic carbocycles. The number of nitrogens with one attached hydrogen (secondary N) is 5. The van der Waals surface area contributed by atoms with Gasteiger partial charge in [0, 0.05) is 68.1 Å². The fourth-order valence-electron chi connectivity index (χ4n) is 8.86. The van der Waals surface area contributed by atoms with Gasteiger partial charge < -0.3 is 65.2 Å². The van der Waals surface area contributed by atoms with Gasteiger partial charge in [0.2, 0.25) is 24.3 Å². The standard InChI is InChI=1S/2C21H32N2O5.C11H21NO4.C11H19NO3.C6H11NO4.8CH4/c2*1-6-16(12-13-22-20(26)28-21(2,3)4)18(24)23-17(19(25)27-5)14-15-10-8-7-9-11-15;1-5-8(9(13)14)6-7-12-10(15)16-11(2,3)4;1-5-8-6-7-12(9(8)13)10(14)15-11(2,3)4;1-2-5(6(8)9)3-4-7(10)11;;;;;;;;/h2*7-11,16-17H,6,12-14H2,1-5H3,(H,22,26)(H,23,24);8H,5-7H2,1-4H3,(H,12,15)(H,13,14);8H,5-7H2,1-4H3;5H,2-4H2,1H3,(H,8,9);8*1H4/t2*16-,17+;2*8-;5-;;;;;;;;/m11111......../s1. The van der Waals surface area contributed by atoms with E-state index < -0.39 is 99.5 Å². The fraction of sp³-hybridized carbons (Fsp3) is 0.705. The minimum Gasteiger partial charge on any atom is -0.481 e. The molecule has 0 bridgehead atoms. The van der Waals surface area contributed by atoms with Crippen molar-refractivity contribution in [3.8, 4) is 0 Å². The molecule has 0 radical (unpaired) electrons. The summed E-state index contributed by atoms with van der Waals surface area (Å²) in [4.78, 5) is 139. The third-order valence-electron chi connectivity index (χ3n) is 14.1. The number of nitrogens with zero attached hydrogens (tertiary/aromatic N) is 2. The Kier molecular flexibility index (Phi) is 68.8. The number of nitro groups is 1. The first-order chi connectivity index (χ1) is 45.5. The SMILES string of the molecule is C.C.C.C.C.C.C.C.CC[C@@H]1CCN(C(=O)OC(C)(C)C)C1=O.CC[C@H](CCNC(=O)OC(C)(C)C)C(=O)N[C@@H](Cc1ccccc1)C(=O)OC.CC[C@H](CCNC(=O)OC(C)(C)C)C(=O)N[C@@H](Cc1ccccc1)C(=O)OC.CC[C@H](CCNC(=O)OC(C)(C)C)C(=O)O.CC[C@H](CC[N+](=O)[O-])C(=O)O. The van der Waals surface area contributed by atoms with E-state index in [2.05, 4.69) is 26.6 Å². The number of hydrogen-bond acceptors (Lipinski definition) is 19. The zero-order valence-electron chi connectivity index (χ0n) is 61.4. The molecule has 2 aromatic rings. The number of ether oxygens (including phenoxy) is 6. The Morgan fingerprint density at radius 1 is 0.491 bits per heavy atom. The van der Waals surface area contributed by atoms with E-state index in [0.717, 1.165) is 24.0 Å². The van der Waals surface area contributed by atoms with E-state index in [1.54, 1.807) is 90.0 Å². The van der Waals surface area contributed by atoms with Gasteiger partial charge in [-0.25, -0.2) is 33.7 Å². The molecule has 7 N–H and O–H groups in total. The van der Waals surface area contributed by atoms with Crippen molar-refractivity contribution < 1.29 is 96.3 Å². The van der Waals surface area contributed by atoms with Crippen LogP contribution in [0, 0.1) is 39.7 Å². The molecule has 1 fully saturated rings. The second kappa shape index (κ2) is 61.6. The molecule has 1 aliphatic rings. The van der Waals surface area contributed by atoms with Crippen molar-refractivity contribution >= 4 is 66.0 Å². The summed E-state index contributed by atoms with van der Waals surface area (Å²) in [5.41, 5.74) is -0.355. The number of carbonyl (C=O) groups excluding carboxylic acids is 9. The fourth-order valence-corrected chi connectivity index (χ4v) is 8.86. The van der Waals surface area contributed by atoms with Crippen LogP contribution in [0.5, 0.6) is 0 Å². The first kappa shape index (κ1) is 119. The van der Waals surface area contributed by atoms with Gasteiger partial charge in [0.1, 0.15) is 34.5 Å². The summed E-state index contributed by atoms with van der Waals surface area (Å²) in [6, 6.07) is 17.3. The molecule has 0 saturated carbocycles. The van der Waals surface area contributed by atoms with Crippen LogP contribution < -0.4 is 26.6 Å². The lowest BCUT2D eigenvalue weighted by Gasteiger charge is -2.23. The Bertz CT molecular complexity index is 2650. The predicted octanol–water partition coefficient (Wildman–Crippen LogP) is 15.7. The molecule has 1 aliphatic heterocycles. The summed E-state index contributed by atoms with van der Waals surface area (Å²) in [6.07, 6.45) is 3.82. The van der Waals surface area contributed by atoms with E-state index in [1.807, 2.05) is 88.4 Å². The van der Waals surface area contributed by atoms with Crippen molar-refractivity contribution in [3.05, 3.63) is 81.9 Å². The number of rotatable bonds is 29. The number of amides is 7. The second-order valence-corrected chi connectivity index (χ2v) is 27.0. The smallest absolute Gasteiger partial charge is 0.417 e. The van der Waals surface area contributed by atoms with Gasteiger partial charge in [-0.3, -0.25) is 34.1 Å². The van der Waals surface area contributed by atoms with Gasteiger partial charge in [0.05, 0.1) is 26.1 Å². The predicted molar refractivity (Wildman–Crippen MR) is 422 cm³/mol. The monoisotopic (exact) mass is 1520 g/mol. The van der Waals surface area contributed by atoms with Crippen LogP contribution in [-0.2, 0) is 74.8 Å². The maximum Gasteiger partial charge on any atom is 0.417 e. The van der Waals surface area contributed by atoms with Crippen molar-refractivity contribution in [2.75, 3.05) is 46.9 Å². The lowest BCUT2D eigenvalue weighted by atomic mass is 9.99. The number of methoxy groups -OCH3 is 2. The lowest BCUT2D eigenvalue weighted by molar-refractivity contribution is -0.481. The number of esters is 2. The molecule has 1 heterocycles. The number of carbonyl (C=O) groups is 11. The van der Waals surface area contributed by atoms with Crippen molar-refractivity contribution in [1.29, 1.82) is 0 Å². The van der Waals surface area contributed by atoms with Gasteiger partial charge in [0.25, 0.3) is 0 Å². The Hall–Kier alpha value is -8.59. The third kappa shape index (κ3) is 57.7. The molecule has 0 spiro atoms. The maximum absolute atomic E-state index is 12.6. The third-order valence-corrected chi connectivity index (χ3v) is 14.1. The van der Waals surface area contributed by atoms with E-state index >= 15 is 0 Å². The highest BCUT2D eigenvalue weighted by Gasteiger charge is 2.37. The van der Waals surface area contributed by atoms with Gasteiger partial charge in [-0.05, 0) is 152 Å². The van der Waals surface area contributed by atoms with Gasteiger partial charge in [-0.1, -0.05) is 155 Å². The van der Waals surface area contributed by atoms with Crippen LogP contribution in [0.1, 0.15) is 252 Å². The number of likely N-dealkylation sites (tertiary alicyclic amines) is 1. The highest BCUT2D eigenvalue weighted by Crippen LogP contribution is 2.23. The maximum atomic E-state index is 12.6. The molecule has 0 unspecified atom stereocenters. The Labute approximate surface area is 638 Å². The zero-order chi connectivity index (χ0) is 75.6. The number of alkyl carbamates (subject to hydrolysis) is 3. The van der Waals surface area contributed by atoms with Crippen molar-refractivity contribution in [2.24, 2.45) is 29.6 Å². The van der Waals surface area contributed by atoms with Crippen LogP contribution in [0.25, 0.3) is 0 Å². The van der Waals surface area contributed by atoms with Crippen LogP contribution in [0.4, 0.5) is 19.2 Å². The molecule has 7 amide bonds. The summed E-state index contributed by atoms with van der Waals surface area (Å²) < 4.78 is 30.2. The molecule has 106 heavy (non-hydrogen) atoms. The molecular weight excluding hydrogens is 1370 g/mol. The first-order valence-electron chi connectivity index (χ1n) is 33.4. The van der Waals surface area contributed by atoms with Gasteiger partial charge in [-0.15, -0.1) is 0 Å². The number of aliphatic carboxylic acids is 2. The van der Waals surface area contributed by atoms with E-state index in [-0.39, 0.29) is 108 Å². The summed E-state index contributed by atoms with van der Waals surface area (Å²) in [5, 5.41) is 40.5. The van der Waals surface area contributed by atoms with Gasteiger partial charge >= 0.3 is 48.3 Å². The van der Waals surface area contributed by atoms with E-state index in [1.165, 1.54) is 19.1 Å². The van der Waals surface area contributed by atoms with Gasteiger partial charge in [-0.2, -0.15) is 0 Å². The normalized spacial score (nSPS) is 13.3. The molecule has 28 nitrogen and oxygen atoms in total. The second-order valence-electron chi connectivity index (χ2n) is 27.0. The lowest BCUT2D eigenvalue weighted by Crippen LogP contribution is -2.46. The van der Waals surface area contributed by atoms with Crippen molar-refractivity contribution in [3.63, 3.8) is 0 Å². The summed E-state index contributed by atoms with van der Waals surface area (Å²) >= 11 is 0. The van der Waals surface area contributed by atoms with Crippen LogP contribution in [0.3, 0.4) is 0 Å². The highest BCUT2D eigenvalue weighted by molar-refractivity contribution is 5.95. The Morgan fingerprint density at radius 2 is 0.783 bits per heavy atom. The largest absolute Gasteiger partial charge is 0.481 e. The average molecular weight is 1520 g/mol. The zero-order valence-corrected chi connectivity index (χ0v) is 61.4. The van der Waals surface area contributed by atoms with Crippen LogP contribution in [0.2, 0.25) is 0 Å². The number of hydrogen-bond donors (Lipinski definition) is 7. The van der Waals surface area contributed by atoms with E-state index in [9.17, 15) is 62.9 Å². The Morgan fingerprint density at radius 3 is 1.03 bits per heavy atom. The Balaban J connectivity index is -0.000000139. The summed E-state index contributed by atoms with van der Waals surface area (Å²) in [6.45, 7) is 31.9. The van der Waals surface area contributed by atoms with Crippen molar-refractivity contribution in [1.82, 2.24) is 31.5 Å². The molecule has 0 aromatic heterocycles. The quantitative estimate of drug-likeness (QED) is 0.0172. The van der Waals surface area contributed by atoms with E-state index in [4.69, 9.17) is 38.6 Å². The summed E-state index contributed by atoms with van der Waals surface area (Å²) in [7, 11) is 2.60. The van der Waals surface area contributed by atoms with Crippen LogP contribution in [-0.4, -0.2) is 167 Å². The number of carboxylic acid groups (broad SMARTS) is 2. The molecule has 28 heteroatoms. The summed E-state index contributed by atoms with van der Waals surface area (Å²) in [5.74, 6) is -4.96. The number of carboxylic acids is 2. The number of imide groups is 1. The topological polar surface area (TPSA) is 390 Å². The molecule has 620 valence electrons. The molecule has 0 aliphatic carbocycles. The molecule has 7 atom stereocenters. The molecular formula is C78H147N7O21. The average Bonchev–Trinajstić information content (AvgIpc) is 1.70. The first-order valence-corrected chi connectivity index (χ1v) is 33.4. The van der Waals surface area contributed by atoms with Crippen molar-refractivity contribution in [2.45, 2.75) is 289 Å². The minimum atomic E-state index is -0.950. The van der Waals surface area contributed by atoms with Crippen LogP contribution >= 0.6 is 0 Å². The van der Waals surface area contributed by atoms with Gasteiger partial charge in [0.15, 0.2) is 0 Å². The molecule has 3 rings (SSSR count). The minimum absolute atomic E-state index is 0.